The summed E-state index contributed by atoms with van der Waals surface area (Å²) < 4.78 is 23.7. The Morgan fingerprint density at radius 1 is 1.15 bits per heavy atom. The van der Waals surface area contributed by atoms with Gasteiger partial charge in [-0.25, -0.2) is 13.6 Å². The predicted octanol–water partition coefficient (Wildman–Crippen LogP) is 3.12. The molecule has 1 aliphatic heterocycles. The van der Waals surface area contributed by atoms with Gasteiger partial charge in [-0.15, -0.1) is 10.2 Å². The van der Waals surface area contributed by atoms with Crippen LogP contribution in [0, 0.1) is 0 Å². The van der Waals surface area contributed by atoms with Crippen molar-refractivity contribution in [2.75, 3.05) is 11.4 Å². The molecule has 1 aromatic heterocycles. The average molecular weight is 375 g/mol. The number of hydrogen-bond donors (Lipinski definition) is 1. The van der Waals surface area contributed by atoms with Gasteiger partial charge in [0.15, 0.2) is 5.82 Å². The van der Waals surface area contributed by atoms with Crippen LogP contribution in [0.4, 0.5) is 5.82 Å². The first kappa shape index (κ1) is 18.8. The Kier molecular flexibility index (Phi) is 5.58. The van der Waals surface area contributed by atoms with E-state index in [-0.39, 0.29) is 4.90 Å². The molecule has 2 aromatic rings. The maximum Gasteiger partial charge on any atom is 0.238 e. The Morgan fingerprint density at radius 2 is 1.96 bits per heavy atom. The number of aryl methyl sites for hydroxylation is 1. The van der Waals surface area contributed by atoms with Gasteiger partial charge in [-0.3, -0.25) is 0 Å². The Hall–Kier alpha value is -1.99. The van der Waals surface area contributed by atoms with Crippen molar-refractivity contribution in [3.8, 4) is 11.3 Å². The van der Waals surface area contributed by atoms with E-state index in [9.17, 15) is 8.42 Å². The van der Waals surface area contributed by atoms with E-state index in [0.29, 0.717) is 29.3 Å². The fourth-order valence-electron chi connectivity index (χ4n) is 3.63. The summed E-state index contributed by atoms with van der Waals surface area (Å²) in [6.07, 6.45) is 5.33. The van der Waals surface area contributed by atoms with Crippen LogP contribution in [0.3, 0.4) is 0 Å². The molecule has 1 saturated heterocycles. The van der Waals surface area contributed by atoms with Crippen molar-refractivity contribution >= 4 is 15.8 Å². The standard InChI is InChI=1S/C19H26N4O2S/c1-3-14-8-9-15(13-18(14)26(20,24)25)17-10-11-19(22-21-17)23-12-6-5-7-16(23)4-2/h8-11,13,16H,3-7,12H2,1-2H3,(H2,20,24,25). The van der Waals surface area contributed by atoms with Crippen LogP contribution in [0.5, 0.6) is 0 Å². The number of anilines is 1. The summed E-state index contributed by atoms with van der Waals surface area (Å²) in [6, 6.07) is 9.64. The monoisotopic (exact) mass is 374 g/mol. The summed E-state index contributed by atoms with van der Waals surface area (Å²) in [7, 11) is -3.77. The average Bonchev–Trinajstić information content (AvgIpc) is 2.67. The van der Waals surface area contributed by atoms with E-state index in [1.807, 2.05) is 25.1 Å². The number of nitrogens with two attached hydrogens (primary N) is 1. The molecule has 7 heteroatoms. The molecule has 3 rings (SSSR count). The van der Waals surface area contributed by atoms with Gasteiger partial charge in [0.1, 0.15) is 0 Å². The maximum atomic E-state index is 11.9. The predicted molar refractivity (Wildman–Crippen MR) is 103 cm³/mol. The van der Waals surface area contributed by atoms with E-state index in [0.717, 1.165) is 18.8 Å². The van der Waals surface area contributed by atoms with Crippen molar-refractivity contribution in [1.82, 2.24) is 10.2 Å². The molecule has 0 amide bonds. The van der Waals surface area contributed by atoms with Crippen molar-refractivity contribution in [1.29, 1.82) is 0 Å². The van der Waals surface area contributed by atoms with E-state index in [2.05, 4.69) is 22.0 Å². The van der Waals surface area contributed by atoms with E-state index in [1.165, 1.54) is 19.3 Å². The highest BCUT2D eigenvalue weighted by Crippen LogP contribution is 2.27. The number of piperidine rings is 1. The van der Waals surface area contributed by atoms with Crippen LogP contribution in [-0.4, -0.2) is 31.2 Å². The normalized spacial score (nSPS) is 18.1. The molecule has 1 aliphatic rings. The molecule has 1 fully saturated rings. The summed E-state index contributed by atoms with van der Waals surface area (Å²) in [5.74, 6) is 0.886. The van der Waals surface area contributed by atoms with Crippen LogP contribution < -0.4 is 10.0 Å². The van der Waals surface area contributed by atoms with Crippen LogP contribution in [0.2, 0.25) is 0 Å². The molecular formula is C19H26N4O2S. The quantitative estimate of drug-likeness (QED) is 0.868. The van der Waals surface area contributed by atoms with Crippen molar-refractivity contribution < 1.29 is 8.42 Å². The second-order valence-electron chi connectivity index (χ2n) is 6.75. The highest BCUT2D eigenvalue weighted by Gasteiger charge is 2.22. The number of benzene rings is 1. The summed E-state index contributed by atoms with van der Waals surface area (Å²) in [5.41, 5.74) is 2.06. The third-order valence-electron chi connectivity index (χ3n) is 5.09. The number of nitrogens with zero attached hydrogens (tertiary/aromatic N) is 3. The molecule has 2 heterocycles. The first-order valence-corrected chi connectivity index (χ1v) is 10.7. The SMILES string of the molecule is CCc1ccc(-c2ccc(N3CCCCC3CC)nn2)cc1S(N)(=O)=O. The highest BCUT2D eigenvalue weighted by atomic mass is 32.2. The third kappa shape index (κ3) is 3.88. The summed E-state index contributed by atoms with van der Waals surface area (Å²) >= 11 is 0. The maximum absolute atomic E-state index is 11.9. The van der Waals surface area contributed by atoms with Gasteiger partial charge in [0.05, 0.1) is 10.6 Å². The number of sulfonamides is 1. The zero-order valence-corrected chi connectivity index (χ0v) is 16.2. The molecule has 1 unspecified atom stereocenters. The Bertz CT molecular complexity index is 866. The van der Waals surface area contributed by atoms with Crippen molar-refractivity contribution in [3.05, 3.63) is 35.9 Å². The fourth-order valence-corrected chi connectivity index (χ4v) is 4.50. The molecule has 26 heavy (non-hydrogen) atoms. The van der Waals surface area contributed by atoms with Gasteiger partial charge < -0.3 is 4.90 Å². The van der Waals surface area contributed by atoms with Gasteiger partial charge in [0.2, 0.25) is 10.0 Å². The van der Waals surface area contributed by atoms with E-state index >= 15 is 0 Å². The number of primary sulfonamides is 1. The largest absolute Gasteiger partial charge is 0.352 e. The molecule has 1 atom stereocenters. The summed E-state index contributed by atoms with van der Waals surface area (Å²) in [5, 5.41) is 14.1. The van der Waals surface area contributed by atoms with Gasteiger partial charge in [0.25, 0.3) is 0 Å². The molecule has 0 saturated carbocycles. The zero-order valence-electron chi connectivity index (χ0n) is 15.4. The van der Waals surface area contributed by atoms with E-state index in [4.69, 9.17) is 5.14 Å². The third-order valence-corrected chi connectivity index (χ3v) is 6.09. The van der Waals surface area contributed by atoms with Crippen LogP contribution in [0.15, 0.2) is 35.2 Å². The van der Waals surface area contributed by atoms with Crippen molar-refractivity contribution in [2.24, 2.45) is 5.14 Å². The van der Waals surface area contributed by atoms with Crippen LogP contribution >= 0.6 is 0 Å². The Morgan fingerprint density at radius 3 is 2.58 bits per heavy atom. The van der Waals surface area contributed by atoms with E-state index in [1.54, 1.807) is 12.1 Å². The lowest BCUT2D eigenvalue weighted by Gasteiger charge is -2.35. The minimum atomic E-state index is -3.77. The van der Waals surface area contributed by atoms with E-state index < -0.39 is 10.0 Å². The van der Waals surface area contributed by atoms with Gasteiger partial charge in [-0.1, -0.05) is 26.0 Å². The Balaban J connectivity index is 1.91. The minimum absolute atomic E-state index is 0.158. The van der Waals surface area contributed by atoms with Crippen LogP contribution in [-0.2, 0) is 16.4 Å². The first-order valence-electron chi connectivity index (χ1n) is 9.20. The van der Waals surface area contributed by atoms with Gasteiger partial charge in [-0.2, -0.15) is 0 Å². The zero-order chi connectivity index (χ0) is 18.7. The lowest BCUT2D eigenvalue weighted by Crippen LogP contribution is -2.39. The van der Waals surface area contributed by atoms with Crippen molar-refractivity contribution in [3.63, 3.8) is 0 Å². The number of rotatable bonds is 5. The van der Waals surface area contributed by atoms with Gasteiger partial charge >= 0.3 is 0 Å². The van der Waals surface area contributed by atoms with Gasteiger partial charge in [-0.05, 0) is 55.9 Å². The molecule has 140 valence electrons. The molecule has 0 aliphatic carbocycles. The second-order valence-corrected chi connectivity index (χ2v) is 8.28. The molecule has 2 N–H and O–H groups in total. The minimum Gasteiger partial charge on any atom is -0.352 e. The van der Waals surface area contributed by atoms with Crippen LogP contribution in [0.25, 0.3) is 11.3 Å². The molecular weight excluding hydrogens is 348 g/mol. The molecule has 1 aromatic carbocycles. The number of hydrogen-bond acceptors (Lipinski definition) is 5. The number of aromatic nitrogens is 2. The second kappa shape index (κ2) is 7.72. The molecule has 0 bridgehead atoms. The lowest BCUT2D eigenvalue weighted by molar-refractivity contribution is 0.445. The summed E-state index contributed by atoms with van der Waals surface area (Å²) in [6.45, 7) is 5.11. The Labute approximate surface area is 155 Å². The summed E-state index contributed by atoms with van der Waals surface area (Å²) in [4.78, 5) is 2.49. The fraction of sp³-hybridized carbons (Fsp3) is 0.474. The topological polar surface area (TPSA) is 89.2 Å². The highest BCUT2D eigenvalue weighted by molar-refractivity contribution is 7.89. The molecule has 6 nitrogen and oxygen atoms in total. The lowest BCUT2D eigenvalue weighted by atomic mass is 10.00. The molecule has 0 spiro atoms. The first-order chi connectivity index (χ1) is 12.4. The van der Waals surface area contributed by atoms with Crippen molar-refractivity contribution in [2.45, 2.75) is 56.9 Å². The van der Waals surface area contributed by atoms with Crippen LogP contribution in [0.1, 0.15) is 45.1 Å². The smallest absolute Gasteiger partial charge is 0.238 e. The van der Waals surface area contributed by atoms with Gasteiger partial charge in [0, 0.05) is 18.2 Å². The molecule has 0 radical (unpaired) electrons.